The van der Waals surface area contributed by atoms with Gasteiger partial charge in [-0.3, -0.25) is 4.79 Å². The molecule has 1 saturated heterocycles. The van der Waals surface area contributed by atoms with E-state index in [1.165, 1.54) is 4.90 Å². The van der Waals surface area contributed by atoms with E-state index in [-0.39, 0.29) is 38.2 Å². The number of hydrogen-bond donors (Lipinski definition) is 2. The second-order valence-corrected chi connectivity index (χ2v) is 8.65. The Hall–Kier alpha value is -3.39. The van der Waals surface area contributed by atoms with Crippen LogP contribution >= 0.6 is 0 Å². The molecule has 4 rings (SSSR count). The largest absolute Gasteiger partial charge is 0.480 e. The molecule has 33 heavy (non-hydrogen) atoms. The van der Waals surface area contributed by atoms with Gasteiger partial charge in [0.15, 0.2) is 6.04 Å². The van der Waals surface area contributed by atoms with Crippen LogP contribution in [0.2, 0.25) is 0 Å². The molecule has 8 nitrogen and oxygen atoms in total. The monoisotopic (exact) mass is 452 g/mol. The maximum Gasteiger partial charge on any atom is 0.407 e. The normalized spacial score (nSPS) is 18.4. The third kappa shape index (κ3) is 4.57. The van der Waals surface area contributed by atoms with Crippen molar-refractivity contribution in [2.24, 2.45) is 5.92 Å². The van der Waals surface area contributed by atoms with Gasteiger partial charge in [0.05, 0.1) is 13.2 Å². The molecule has 0 bridgehead atoms. The van der Waals surface area contributed by atoms with Crippen LogP contribution < -0.4 is 5.32 Å². The lowest BCUT2D eigenvalue weighted by atomic mass is 9.98. The molecule has 0 radical (unpaired) electrons. The molecular formula is C25H28N2O6. The number of aliphatic carboxylic acids is 1. The number of alkyl carbamates (subject to hydrolysis) is 1. The van der Waals surface area contributed by atoms with Crippen LogP contribution in [0.3, 0.4) is 0 Å². The minimum absolute atomic E-state index is 0.0726. The Bertz CT molecular complexity index is 1010. The lowest BCUT2D eigenvalue weighted by molar-refractivity contribution is -0.159. The van der Waals surface area contributed by atoms with Crippen LogP contribution in [-0.4, -0.2) is 66.4 Å². The SMILES string of the molecule is CC(C)[C@H](NC(=O)OCC1c2ccccc2-c2ccccc21)C(=O)N1CCOCC1C(=O)O. The van der Waals surface area contributed by atoms with Crippen molar-refractivity contribution < 1.29 is 29.0 Å². The maximum absolute atomic E-state index is 13.1. The predicted octanol–water partition coefficient (Wildman–Crippen LogP) is 2.86. The topological polar surface area (TPSA) is 105 Å². The third-order valence-electron chi connectivity index (χ3n) is 6.25. The molecule has 2 atom stereocenters. The second kappa shape index (κ2) is 9.62. The number of carbonyl (C=O) groups is 3. The van der Waals surface area contributed by atoms with Crippen molar-refractivity contribution in [3.05, 3.63) is 59.7 Å². The number of carboxylic acids is 1. The molecule has 1 aliphatic carbocycles. The molecule has 1 fully saturated rings. The quantitative estimate of drug-likeness (QED) is 0.698. The Balaban J connectivity index is 1.44. The highest BCUT2D eigenvalue weighted by molar-refractivity contribution is 5.89. The van der Waals surface area contributed by atoms with Crippen LogP contribution in [0.4, 0.5) is 4.79 Å². The lowest BCUT2D eigenvalue weighted by Gasteiger charge is -2.36. The molecule has 1 heterocycles. The third-order valence-corrected chi connectivity index (χ3v) is 6.25. The van der Waals surface area contributed by atoms with Crippen molar-refractivity contribution in [3.8, 4) is 11.1 Å². The molecular weight excluding hydrogens is 424 g/mol. The first kappa shape index (κ1) is 22.8. The van der Waals surface area contributed by atoms with Crippen LogP contribution in [0.15, 0.2) is 48.5 Å². The molecule has 1 unspecified atom stereocenters. The summed E-state index contributed by atoms with van der Waals surface area (Å²) in [5.74, 6) is -1.93. The van der Waals surface area contributed by atoms with E-state index in [1.54, 1.807) is 13.8 Å². The number of carbonyl (C=O) groups excluding carboxylic acids is 2. The van der Waals surface area contributed by atoms with E-state index in [2.05, 4.69) is 17.4 Å². The number of carboxylic acid groups (broad SMARTS) is 1. The number of rotatable bonds is 6. The summed E-state index contributed by atoms with van der Waals surface area (Å²) in [4.78, 5) is 38.6. The van der Waals surface area contributed by atoms with Crippen LogP contribution in [-0.2, 0) is 19.1 Å². The number of fused-ring (bicyclic) bond motifs is 3. The minimum Gasteiger partial charge on any atom is -0.480 e. The zero-order valence-corrected chi connectivity index (χ0v) is 18.7. The average Bonchev–Trinajstić information content (AvgIpc) is 3.14. The number of morpholine rings is 1. The number of nitrogens with zero attached hydrogens (tertiary/aromatic N) is 1. The van der Waals surface area contributed by atoms with E-state index in [9.17, 15) is 19.5 Å². The van der Waals surface area contributed by atoms with E-state index in [1.807, 2.05) is 36.4 Å². The first-order chi connectivity index (χ1) is 15.9. The van der Waals surface area contributed by atoms with Crippen LogP contribution in [0.1, 0.15) is 30.9 Å². The van der Waals surface area contributed by atoms with Crippen molar-refractivity contribution in [3.63, 3.8) is 0 Å². The van der Waals surface area contributed by atoms with Crippen molar-refractivity contribution in [1.29, 1.82) is 0 Å². The van der Waals surface area contributed by atoms with E-state index in [4.69, 9.17) is 9.47 Å². The van der Waals surface area contributed by atoms with Crippen molar-refractivity contribution in [1.82, 2.24) is 10.2 Å². The van der Waals surface area contributed by atoms with Crippen LogP contribution in [0.5, 0.6) is 0 Å². The van der Waals surface area contributed by atoms with Crippen molar-refractivity contribution in [2.75, 3.05) is 26.4 Å². The van der Waals surface area contributed by atoms with Gasteiger partial charge in [0.2, 0.25) is 5.91 Å². The van der Waals surface area contributed by atoms with Crippen molar-refractivity contribution >= 4 is 18.0 Å². The van der Waals surface area contributed by atoms with Gasteiger partial charge < -0.3 is 24.8 Å². The first-order valence-corrected chi connectivity index (χ1v) is 11.1. The van der Waals surface area contributed by atoms with E-state index < -0.39 is 30.1 Å². The predicted molar refractivity (Wildman–Crippen MR) is 121 cm³/mol. The highest BCUT2D eigenvalue weighted by Gasteiger charge is 2.38. The molecule has 174 valence electrons. The Kier molecular flexibility index (Phi) is 6.65. The standard InChI is InChI=1S/C25H28N2O6/c1-15(2)22(23(28)27-11-12-32-14-21(27)24(29)30)26-25(31)33-13-20-18-9-5-3-7-16(18)17-8-4-6-10-19(17)20/h3-10,15,20-22H,11-14H2,1-2H3,(H,26,31)(H,29,30)/t21?,22-/m0/s1. The van der Waals surface area contributed by atoms with Gasteiger partial charge in [0.1, 0.15) is 12.6 Å². The fraction of sp³-hybridized carbons (Fsp3) is 0.400. The van der Waals surface area contributed by atoms with Crippen LogP contribution in [0, 0.1) is 5.92 Å². The molecule has 2 aromatic rings. The molecule has 0 spiro atoms. The number of ether oxygens (including phenoxy) is 2. The van der Waals surface area contributed by atoms with Gasteiger partial charge in [-0.05, 0) is 28.2 Å². The van der Waals surface area contributed by atoms with Gasteiger partial charge in [-0.1, -0.05) is 62.4 Å². The summed E-state index contributed by atoms with van der Waals surface area (Å²) in [5.41, 5.74) is 4.45. The molecule has 2 amide bonds. The van der Waals surface area contributed by atoms with Gasteiger partial charge >= 0.3 is 12.1 Å². The summed E-state index contributed by atoms with van der Waals surface area (Å²) >= 11 is 0. The van der Waals surface area contributed by atoms with E-state index in [0.29, 0.717) is 0 Å². The van der Waals surface area contributed by atoms with Gasteiger partial charge in [-0.25, -0.2) is 9.59 Å². The fourth-order valence-corrected chi connectivity index (χ4v) is 4.53. The van der Waals surface area contributed by atoms with Gasteiger partial charge in [0, 0.05) is 12.5 Å². The van der Waals surface area contributed by atoms with Gasteiger partial charge in [0.25, 0.3) is 0 Å². The summed E-state index contributed by atoms with van der Waals surface area (Å²) in [7, 11) is 0. The number of benzene rings is 2. The van der Waals surface area contributed by atoms with E-state index >= 15 is 0 Å². The Morgan fingerprint density at radius 1 is 1.09 bits per heavy atom. The Labute approximate surface area is 192 Å². The second-order valence-electron chi connectivity index (χ2n) is 8.65. The molecule has 0 saturated carbocycles. The maximum atomic E-state index is 13.1. The fourth-order valence-electron chi connectivity index (χ4n) is 4.53. The molecule has 2 aliphatic rings. The smallest absolute Gasteiger partial charge is 0.407 e. The zero-order valence-electron chi connectivity index (χ0n) is 18.7. The Morgan fingerprint density at radius 3 is 2.27 bits per heavy atom. The van der Waals surface area contributed by atoms with Gasteiger partial charge in [-0.2, -0.15) is 0 Å². The summed E-state index contributed by atoms with van der Waals surface area (Å²) in [6.07, 6.45) is -0.705. The Morgan fingerprint density at radius 2 is 1.70 bits per heavy atom. The zero-order chi connectivity index (χ0) is 23.5. The molecule has 2 N–H and O–H groups in total. The first-order valence-electron chi connectivity index (χ1n) is 11.1. The number of nitrogens with one attached hydrogen (secondary N) is 1. The number of amides is 2. The number of hydrogen-bond acceptors (Lipinski definition) is 5. The minimum atomic E-state index is -1.13. The lowest BCUT2D eigenvalue weighted by Crippen LogP contribution is -2.59. The summed E-state index contributed by atoms with van der Waals surface area (Å²) in [5, 5.41) is 12.1. The molecule has 1 aliphatic heterocycles. The molecule has 0 aromatic heterocycles. The molecule has 8 heteroatoms. The highest BCUT2D eigenvalue weighted by atomic mass is 16.5. The highest BCUT2D eigenvalue weighted by Crippen LogP contribution is 2.44. The van der Waals surface area contributed by atoms with E-state index in [0.717, 1.165) is 22.3 Å². The van der Waals surface area contributed by atoms with Crippen molar-refractivity contribution in [2.45, 2.75) is 31.8 Å². The molecule has 2 aromatic carbocycles. The van der Waals surface area contributed by atoms with Crippen LogP contribution in [0.25, 0.3) is 11.1 Å². The average molecular weight is 453 g/mol. The summed E-state index contributed by atoms with van der Waals surface area (Å²) in [6.45, 7) is 4.06. The summed E-state index contributed by atoms with van der Waals surface area (Å²) < 4.78 is 10.8. The summed E-state index contributed by atoms with van der Waals surface area (Å²) in [6, 6.07) is 14.1. The van der Waals surface area contributed by atoms with Gasteiger partial charge in [-0.15, -0.1) is 0 Å².